The first-order chi connectivity index (χ1) is 10.6. The molecule has 0 bridgehead atoms. The fourth-order valence-corrected chi connectivity index (χ4v) is 3.60. The largest absolute Gasteiger partial charge is 0.463 e. The van der Waals surface area contributed by atoms with E-state index in [1.54, 1.807) is 12.1 Å². The van der Waals surface area contributed by atoms with Gasteiger partial charge in [0.05, 0.1) is 18.2 Å². The second kappa shape index (κ2) is 5.98. The highest BCUT2D eigenvalue weighted by molar-refractivity contribution is 7.98. The van der Waals surface area contributed by atoms with E-state index in [1.807, 2.05) is 13.0 Å². The molecule has 3 aromatic heterocycles. The monoisotopic (exact) mass is 336 g/mol. The number of nitrogens with one attached hydrogen (secondary N) is 1. The average Bonchev–Trinajstić information content (AvgIpc) is 3.10. The molecular weight excluding hydrogens is 324 g/mol. The number of hydrogen-bond acceptors (Lipinski definition) is 7. The molecule has 6 nitrogen and oxygen atoms in total. The number of carbonyl (C=O) groups is 1. The average molecular weight is 336 g/mol. The van der Waals surface area contributed by atoms with E-state index in [4.69, 9.17) is 4.42 Å². The van der Waals surface area contributed by atoms with Crippen LogP contribution in [-0.4, -0.2) is 23.0 Å². The van der Waals surface area contributed by atoms with Crippen molar-refractivity contribution in [2.75, 3.05) is 7.11 Å². The molecular formula is C14H12N2O4S2. The molecule has 0 aromatic carbocycles. The molecule has 0 amide bonds. The van der Waals surface area contributed by atoms with Crippen molar-refractivity contribution >= 4 is 39.3 Å². The number of thioether (sulfide) groups is 1. The maximum Gasteiger partial charge on any atom is 0.373 e. The Balaban J connectivity index is 1.77. The van der Waals surface area contributed by atoms with Crippen LogP contribution in [0.25, 0.3) is 10.2 Å². The molecule has 0 aliphatic rings. The Hall–Kier alpha value is -2.06. The highest BCUT2D eigenvalue weighted by Crippen LogP contribution is 2.25. The number of rotatable bonds is 4. The maximum absolute atomic E-state index is 12.0. The molecule has 0 saturated heterocycles. The van der Waals surface area contributed by atoms with Crippen LogP contribution >= 0.6 is 23.1 Å². The number of nitrogens with zero attached hydrogens (tertiary/aromatic N) is 1. The van der Waals surface area contributed by atoms with Gasteiger partial charge in [-0.05, 0) is 25.1 Å². The number of hydrogen-bond donors (Lipinski definition) is 1. The molecule has 0 saturated carbocycles. The smallest absolute Gasteiger partial charge is 0.373 e. The molecule has 0 fully saturated rings. The van der Waals surface area contributed by atoms with Gasteiger partial charge < -0.3 is 14.1 Å². The summed E-state index contributed by atoms with van der Waals surface area (Å²) in [5, 5.41) is 1.13. The summed E-state index contributed by atoms with van der Waals surface area (Å²) in [6, 6.07) is 5.09. The van der Waals surface area contributed by atoms with Gasteiger partial charge in [0.15, 0.2) is 5.16 Å². The van der Waals surface area contributed by atoms with Crippen LogP contribution < -0.4 is 5.56 Å². The van der Waals surface area contributed by atoms with E-state index in [9.17, 15) is 9.59 Å². The summed E-state index contributed by atoms with van der Waals surface area (Å²) < 4.78 is 9.95. The molecule has 0 aliphatic heterocycles. The lowest BCUT2D eigenvalue weighted by molar-refractivity contribution is 0.0563. The number of fused-ring (bicyclic) bond motifs is 1. The number of furan rings is 1. The number of thiophene rings is 1. The fourth-order valence-electron chi connectivity index (χ4n) is 1.91. The third-order valence-corrected chi connectivity index (χ3v) is 4.74. The van der Waals surface area contributed by atoms with Gasteiger partial charge in [-0.25, -0.2) is 9.78 Å². The van der Waals surface area contributed by atoms with E-state index < -0.39 is 5.97 Å². The molecule has 0 radical (unpaired) electrons. The Labute approximate surface area is 133 Å². The minimum atomic E-state index is -0.515. The lowest BCUT2D eigenvalue weighted by atomic mass is 10.4. The van der Waals surface area contributed by atoms with Crippen molar-refractivity contribution in [1.82, 2.24) is 9.97 Å². The molecule has 3 rings (SSSR count). The van der Waals surface area contributed by atoms with Gasteiger partial charge in [-0.2, -0.15) is 0 Å². The minimum Gasteiger partial charge on any atom is -0.463 e. The first-order valence-electron chi connectivity index (χ1n) is 6.37. The Morgan fingerprint density at radius 1 is 1.50 bits per heavy atom. The van der Waals surface area contributed by atoms with Crippen molar-refractivity contribution in [2.24, 2.45) is 0 Å². The quantitative estimate of drug-likeness (QED) is 0.448. The molecule has 114 valence electrons. The van der Waals surface area contributed by atoms with E-state index in [1.165, 1.54) is 30.2 Å². The summed E-state index contributed by atoms with van der Waals surface area (Å²) in [6.45, 7) is 1.94. The molecule has 3 aromatic rings. The zero-order valence-corrected chi connectivity index (χ0v) is 13.5. The van der Waals surface area contributed by atoms with Gasteiger partial charge >= 0.3 is 5.97 Å². The number of H-pyrrole nitrogens is 1. The van der Waals surface area contributed by atoms with Gasteiger partial charge in [0.1, 0.15) is 10.6 Å². The molecule has 22 heavy (non-hydrogen) atoms. The van der Waals surface area contributed by atoms with Crippen LogP contribution in [0.15, 0.2) is 32.6 Å². The highest BCUT2D eigenvalue weighted by Gasteiger charge is 2.12. The van der Waals surface area contributed by atoms with Crippen molar-refractivity contribution < 1.29 is 13.9 Å². The van der Waals surface area contributed by atoms with Crippen LogP contribution in [0.4, 0.5) is 0 Å². The van der Waals surface area contributed by atoms with Gasteiger partial charge in [0.2, 0.25) is 5.76 Å². The number of ether oxygens (including phenoxy) is 1. The Bertz CT molecular complexity index is 894. The van der Waals surface area contributed by atoms with Crippen LogP contribution in [0.5, 0.6) is 0 Å². The lowest BCUT2D eigenvalue weighted by Crippen LogP contribution is -2.07. The van der Waals surface area contributed by atoms with Crippen molar-refractivity contribution in [3.63, 3.8) is 0 Å². The molecule has 0 atom stereocenters. The van der Waals surface area contributed by atoms with Gasteiger partial charge in [-0.15, -0.1) is 11.3 Å². The second-order valence-electron chi connectivity index (χ2n) is 4.49. The van der Waals surface area contributed by atoms with Crippen molar-refractivity contribution in [2.45, 2.75) is 17.8 Å². The molecule has 0 unspecified atom stereocenters. The van der Waals surface area contributed by atoms with Crippen molar-refractivity contribution in [3.8, 4) is 0 Å². The summed E-state index contributed by atoms with van der Waals surface area (Å²) in [6.07, 6.45) is 0. The second-order valence-corrected chi connectivity index (χ2v) is 6.69. The maximum atomic E-state index is 12.0. The van der Waals surface area contributed by atoms with Crippen LogP contribution in [0.1, 0.15) is 21.2 Å². The number of aromatic nitrogens is 2. The van der Waals surface area contributed by atoms with Crippen LogP contribution in [0.3, 0.4) is 0 Å². The predicted octanol–water partition coefficient (Wildman–Crippen LogP) is 2.96. The SMILES string of the molecule is COC(=O)c1ccc(CSc2nc3sc(C)cc3c(=O)[nH]2)o1. The van der Waals surface area contributed by atoms with E-state index in [2.05, 4.69) is 14.7 Å². The summed E-state index contributed by atoms with van der Waals surface area (Å²) in [5.74, 6) is 0.702. The first kappa shape index (κ1) is 14.9. The van der Waals surface area contributed by atoms with E-state index in [0.29, 0.717) is 22.1 Å². The summed E-state index contributed by atoms with van der Waals surface area (Å²) in [7, 11) is 1.30. The third-order valence-electron chi connectivity index (χ3n) is 2.90. The zero-order valence-electron chi connectivity index (χ0n) is 11.8. The Kier molecular flexibility index (Phi) is 4.04. The Morgan fingerprint density at radius 3 is 3.09 bits per heavy atom. The van der Waals surface area contributed by atoms with Crippen LogP contribution in [0.2, 0.25) is 0 Å². The lowest BCUT2D eigenvalue weighted by Gasteiger charge is -1.99. The zero-order chi connectivity index (χ0) is 15.7. The Morgan fingerprint density at radius 2 is 2.32 bits per heavy atom. The first-order valence-corrected chi connectivity index (χ1v) is 8.17. The van der Waals surface area contributed by atoms with E-state index in [-0.39, 0.29) is 11.3 Å². The van der Waals surface area contributed by atoms with E-state index >= 15 is 0 Å². The molecule has 0 spiro atoms. The van der Waals surface area contributed by atoms with Gasteiger partial charge in [0.25, 0.3) is 5.56 Å². The van der Waals surface area contributed by atoms with Crippen LogP contribution in [-0.2, 0) is 10.5 Å². The highest BCUT2D eigenvalue weighted by atomic mass is 32.2. The van der Waals surface area contributed by atoms with E-state index in [0.717, 1.165) is 9.71 Å². The molecule has 0 aliphatic carbocycles. The third kappa shape index (κ3) is 2.93. The standard InChI is InChI=1S/C14H12N2O4S2/c1-7-5-9-11(17)15-14(16-12(9)22-7)21-6-8-3-4-10(20-8)13(18)19-2/h3-5H,6H2,1-2H3,(H,15,16,17). The number of esters is 1. The molecule has 3 heterocycles. The molecule has 8 heteroatoms. The van der Waals surface area contributed by atoms with Crippen molar-refractivity contribution in [1.29, 1.82) is 0 Å². The summed E-state index contributed by atoms with van der Waals surface area (Å²) in [5.41, 5.74) is -0.147. The number of carbonyl (C=O) groups excluding carboxylic acids is 1. The number of aryl methyl sites for hydroxylation is 1. The predicted molar refractivity (Wildman–Crippen MR) is 84.6 cm³/mol. The summed E-state index contributed by atoms with van der Waals surface area (Å²) in [4.78, 5) is 32.2. The number of aromatic amines is 1. The van der Waals surface area contributed by atoms with Gasteiger partial charge in [-0.1, -0.05) is 11.8 Å². The fraction of sp³-hybridized carbons (Fsp3) is 0.214. The van der Waals surface area contributed by atoms with Crippen LogP contribution in [0, 0.1) is 6.92 Å². The van der Waals surface area contributed by atoms with Gasteiger partial charge in [0, 0.05) is 4.88 Å². The topological polar surface area (TPSA) is 85.2 Å². The van der Waals surface area contributed by atoms with Gasteiger partial charge in [-0.3, -0.25) is 4.79 Å². The molecule has 1 N–H and O–H groups in total. The number of methoxy groups -OCH3 is 1. The van der Waals surface area contributed by atoms with Crippen molar-refractivity contribution in [3.05, 3.63) is 45.0 Å². The summed E-state index contributed by atoms with van der Waals surface area (Å²) >= 11 is 2.82. The normalized spacial score (nSPS) is 11.0. The minimum absolute atomic E-state index is 0.147.